The number of anilines is 1. The molecule has 0 saturated carbocycles. The molecule has 0 saturated heterocycles. The molecule has 0 unspecified atom stereocenters. The summed E-state index contributed by atoms with van der Waals surface area (Å²) in [6, 6.07) is 15.0. The van der Waals surface area contributed by atoms with Gasteiger partial charge in [-0.15, -0.1) is 0 Å². The molecule has 0 aliphatic carbocycles. The van der Waals surface area contributed by atoms with Crippen LogP contribution in [-0.2, 0) is 11.2 Å². The minimum atomic E-state index is -0.359. The van der Waals surface area contributed by atoms with Crippen LogP contribution >= 0.6 is 12.2 Å². The lowest BCUT2D eigenvalue weighted by molar-refractivity contribution is 0.0601. The Balaban J connectivity index is 1.75. The molecular weight excluding hydrogens is 336 g/mol. The summed E-state index contributed by atoms with van der Waals surface area (Å²) in [5, 5.41) is 6.79. The van der Waals surface area contributed by atoms with E-state index in [1.54, 1.807) is 24.3 Å². The Hall–Kier alpha value is -2.60. The molecule has 2 aromatic rings. The lowest BCUT2D eigenvalue weighted by Crippen LogP contribution is -2.30. The van der Waals surface area contributed by atoms with Gasteiger partial charge in [-0.05, 0) is 67.5 Å². The summed E-state index contributed by atoms with van der Waals surface area (Å²) in [7, 11) is 1.36. The minimum absolute atomic E-state index is 0.359. The zero-order chi connectivity index (χ0) is 18.1. The maximum absolute atomic E-state index is 11.4. The minimum Gasteiger partial charge on any atom is -0.494 e. The SMILES string of the molecule is CCOc1ccc(CCNC(=S)Nc2ccc(C(=O)OC)cc2)cc1. The van der Waals surface area contributed by atoms with Crippen LogP contribution in [0.5, 0.6) is 5.75 Å². The average Bonchev–Trinajstić information content (AvgIpc) is 2.63. The molecule has 0 heterocycles. The van der Waals surface area contributed by atoms with Gasteiger partial charge in [0.15, 0.2) is 5.11 Å². The van der Waals surface area contributed by atoms with Crippen LogP contribution in [0.3, 0.4) is 0 Å². The summed E-state index contributed by atoms with van der Waals surface area (Å²) in [6.07, 6.45) is 0.857. The largest absolute Gasteiger partial charge is 0.494 e. The second kappa shape index (κ2) is 9.64. The normalized spacial score (nSPS) is 10.0. The average molecular weight is 358 g/mol. The van der Waals surface area contributed by atoms with Crippen molar-refractivity contribution >= 4 is 29.0 Å². The Morgan fingerprint density at radius 3 is 2.36 bits per heavy atom. The van der Waals surface area contributed by atoms with Crippen LogP contribution in [0, 0.1) is 0 Å². The van der Waals surface area contributed by atoms with Gasteiger partial charge in [-0.2, -0.15) is 0 Å². The lowest BCUT2D eigenvalue weighted by Gasteiger charge is -2.11. The first-order chi connectivity index (χ1) is 12.1. The highest BCUT2D eigenvalue weighted by atomic mass is 32.1. The van der Waals surface area contributed by atoms with Crippen molar-refractivity contribution in [2.45, 2.75) is 13.3 Å². The molecule has 0 amide bonds. The number of nitrogens with one attached hydrogen (secondary N) is 2. The fourth-order valence-corrected chi connectivity index (χ4v) is 2.44. The van der Waals surface area contributed by atoms with Gasteiger partial charge in [-0.25, -0.2) is 4.79 Å². The third-order valence-corrected chi connectivity index (χ3v) is 3.74. The summed E-state index contributed by atoms with van der Waals surface area (Å²) in [5.74, 6) is 0.523. The van der Waals surface area contributed by atoms with Gasteiger partial charge < -0.3 is 20.1 Å². The standard InChI is InChI=1S/C19H22N2O3S/c1-3-24-17-10-4-14(5-11-17)12-13-20-19(25)21-16-8-6-15(7-9-16)18(22)23-2/h4-11H,3,12-13H2,1-2H3,(H2,20,21,25). The molecule has 0 atom stereocenters. The first kappa shape index (κ1) is 18.7. The van der Waals surface area contributed by atoms with E-state index in [9.17, 15) is 4.79 Å². The molecule has 6 heteroatoms. The number of carbonyl (C=O) groups is 1. The van der Waals surface area contributed by atoms with Gasteiger partial charge in [0.05, 0.1) is 19.3 Å². The van der Waals surface area contributed by atoms with Crippen molar-refractivity contribution in [2.24, 2.45) is 0 Å². The van der Waals surface area contributed by atoms with E-state index < -0.39 is 0 Å². The molecule has 0 bridgehead atoms. The van der Waals surface area contributed by atoms with E-state index in [-0.39, 0.29) is 5.97 Å². The molecule has 0 fully saturated rings. The maximum atomic E-state index is 11.4. The highest BCUT2D eigenvalue weighted by Crippen LogP contribution is 2.12. The molecular formula is C19H22N2O3S. The molecule has 2 aromatic carbocycles. The predicted molar refractivity (Wildman–Crippen MR) is 103 cm³/mol. The highest BCUT2D eigenvalue weighted by molar-refractivity contribution is 7.80. The van der Waals surface area contributed by atoms with Gasteiger partial charge in [-0.1, -0.05) is 12.1 Å². The van der Waals surface area contributed by atoms with Crippen LogP contribution < -0.4 is 15.4 Å². The second-order valence-corrected chi connectivity index (χ2v) is 5.69. The number of ether oxygens (including phenoxy) is 2. The van der Waals surface area contributed by atoms with Crippen LogP contribution in [0.25, 0.3) is 0 Å². The van der Waals surface area contributed by atoms with Crippen molar-refractivity contribution < 1.29 is 14.3 Å². The summed E-state index contributed by atoms with van der Waals surface area (Å²) in [5.41, 5.74) is 2.52. The Morgan fingerprint density at radius 2 is 1.76 bits per heavy atom. The number of benzene rings is 2. The van der Waals surface area contributed by atoms with Gasteiger partial charge in [0, 0.05) is 12.2 Å². The number of thiocarbonyl (C=S) groups is 1. The molecule has 2 N–H and O–H groups in total. The lowest BCUT2D eigenvalue weighted by atomic mass is 10.1. The molecule has 5 nitrogen and oxygen atoms in total. The Labute approximate surface area is 153 Å². The quantitative estimate of drug-likeness (QED) is 0.584. The van der Waals surface area contributed by atoms with Gasteiger partial charge in [0.25, 0.3) is 0 Å². The highest BCUT2D eigenvalue weighted by Gasteiger charge is 2.05. The number of esters is 1. The zero-order valence-corrected chi connectivity index (χ0v) is 15.2. The third kappa shape index (κ3) is 6.08. The molecule has 0 spiro atoms. The van der Waals surface area contributed by atoms with Crippen LogP contribution in [0.4, 0.5) is 5.69 Å². The van der Waals surface area contributed by atoms with Gasteiger partial charge >= 0.3 is 5.97 Å². The van der Waals surface area contributed by atoms with Crippen LogP contribution in [0.2, 0.25) is 0 Å². The number of rotatable bonds is 7. The Kier molecular flexibility index (Phi) is 7.22. The number of hydrogen-bond acceptors (Lipinski definition) is 4. The molecule has 0 aromatic heterocycles. The smallest absolute Gasteiger partial charge is 0.337 e. The van der Waals surface area contributed by atoms with Gasteiger partial charge in [0.2, 0.25) is 0 Å². The first-order valence-corrected chi connectivity index (χ1v) is 8.48. The predicted octanol–water partition coefficient (Wildman–Crippen LogP) is 3.40. The maximum Gasteiger partial charge on any atom is 0.337 e. The summed E-state index contributed by atoms with van der Waals surface area (Å²) in [4.78, 5) is 11.4. The van der Waals surface area contributed by atoms with Crippen molar-refractivity contribution in [3.8, 4) is 5.75 Å². The van der Waals surface area contributed by atoms with E-state index in [4.69, 9.17) is 17.0 Å². The van der Waals surface area contributed by atoms with Crippen molar-refractivity contribution in [3.63, 3.8) is 0 Å². The van der Waals surface area contributed by atoms with E-state index >= 15 is 0 Å². The Bertz CT molecular complexity index is 700. The monoisotopic (exact) mass is 358 g/mol. The third-order valence-electron chi connectivity index (χ3n) is 3.50. The summed E-state index contributed by atoms with van der Waals surface area (Å²) < 4.78 is 10.1. The Morgan fingerprint density at radius 1 is 1.08 bits per heavy atom. The summed E-state index contributed by atoms with van der Waals surface area (Å²) in [6.45, 7) is 3.36. The second-order valence-electron chi connectivity index (χ2n) is 5.28. The van der Waals surface area contributed by atoms with Gasteiger partial charge in [0.1, 0.15) is 5.75 Å². The number of hydrogen-bond donors (Lipinski definition) is 2. The van der Waals surface area contributed by atoms with E-state index in [1.165, 1.54) is 12.7 Å². The van der Waals surface area contributed by atoms with Crippen LogP contribution in [0.15, 0.2) is 48.5 Å². The van der Waals surface area contributed by atoms with E-state index in [2.05, 4.69) is 27.5 Å². The van der Waals surface area contributed by atoms with Crippen molar-refractivity contribution in [1.29, 1.82) is 0 Å². The molecule has 0 aliphatic rings. The van der Waals surface area contributed by atoms with Crippen LogP contribution in [-0.4, -0.2) is 31.3 Å². The first-order valence-electron chi connectivity index (χ1n) is 8.07. The van der Waals surface area contributed by atoms with Gasteiger partial charge in [-0.3, -0.25) is 0 Å². The summed E-state index contributed by atoms with van der Waals surface area (Å²) >= 11 is 5.28. The van der Waals surface area contributed by atoms with E-state index in [0.717, 1.165) is 24.4 Å². The number of carbonyl (C=O) groups excluding carboxylic acids is 1. The van der Waals surface area contributed by atoms with Crippen molar-refractivity contribution in [3.05, 3.63) is 59.7 Å². The fraction of sp³-hybridized carbons (Fsp3) is 0.263. The van der Waals surface area contributed by atoms with E-state index in [0.29, 0.717) is 17.3 Å². The van der Waals surface area contributed by atoms with E-state index in [1.807, 2.05) is 19.1 Å². The molecule has 25 heavy (non-hydrogen) atoms. The van der Waals surface area contributed by atoms with Crippen molar-refractivity contribution in [2.75, 3.05) is 25.6 Å². The molecule has 2 rings (SSSR count). The zero-order valence-electron chi connectivity index (χ0n) is 14.4. The number of methoxy groups -OCH3 is 1. The molecule has 0 radical (unpaired) electrons. The fourth-order valence-electron chi connectivity index (χ4n) is 2.22. The van der Waals surface area contributed by atoms with Crippen molar-refractivity contribution in [1.82, 2.24) is 5.32 Å². The van der Waals surface area contributed by atoms with Crippen LogP contribution in [0.1, 0.15) is 22.8 Å². The topological polar surface area (TPSA) is 59.6 Å². The molecule has 132 valence electrons. The molecule has 0 aliphatic heterocycles.